The quantitative estimate of drug-likeness (QED) is 0.689. The fraction of sp³-hybridized carbons (Fsp3) is 0.417. The molecular formula is C12H11ClN2O. The zero-order valence-electron chi connectivity index (χ0n) is 8.57. The van der Waals surface area contributed by atoms with Gasteiger partial charge in [-0.2, -0.15) is 0 Å². The number of phenolic OH excluding ortho intramolecular Hbond substituents is 1. The maximum atomic E-state index is 10.3. The molecule has 3 nitrogen and oxygen atoms in total. The number of rotatable bonds is 0. The fourth-order valence-electron chi connectivity index (χ4n) is 3.37. The van der Waals surface area contributed by atoms with Crippen molar-refractivity contribution in [3.8, 4) is 5.75 Å². The summed E-state index contributed by atoms with van der Waals surface area (Å²) in [5.41, 5.74) is 3.93. The lowest BCUT2D eigenvalue weighted by molar-refractivity contribution is 0.467. The van der Waals surface area contributed by atoms with Crippen LogP contribution in [-0.2, 0) is 0 Å². The number of H-pyrrole nitrogens is 1. The molecule has 3 unspecified atom stereocenters. The molecule has 1 fully saturated rings. The van der Waals surface area contributed by atoms with Crippen molar-refractivity contribution in [2.75, 3.05) is 0 Å². The molecule has 1 saturated carbocycles. The van der Waals surface area contributed by atoms with Crippen LogP contribution in [-0.4, -0.2) is 20.5 Å². The van der Waals surface area contributed by atoms with Crippen LogP contribution in [0.25, 0.3) is 11.0 Å². The number of nitrogens with one attached hydrogen (secondary N) is 1. The van der Waals surface area contributed by atoms with Gasteiger partial charge in [0.25, 0.3) is 0 Å². The Kier molecular flexibility index (Phi) is 1.51. The molecule has 2 aliphatic carbocycles. The van der Waals surface area contributed by atoms with E-state index in [4.69, 9.17) is 11.6 Å². The van der Waals surface area contributed by atoms with Crippen LogP contribution in [0.2, 0.25) is 0 Å². The van der Waals surface area contributed by atoms with Gasteiger partial charge >= 0.3 is 0 Å². The van der Waals surface area contributed by atoms with Crippen molar-refractivity contribution >= 4 is 22.6 Å². The zero-order chi connectivity index (χ0) is 10.9. The molecule has 2 aromatic rings. The predicted molar refractivity (Wildman–Crippen MR) is 62.1 cm³/mol. The molecule has 0 spiro atoms. The van der Waals surface area contributed by atoms with Crippen LogP contribution in [0.3, 0.4) is 0 Å². The molecule has 1 aromatic carbocycles. The molecule has 0 radical (unpaired) electrons. The van der Waals surface area contributed by atoms with Crippen LogP contribution in [0.15, 0.2) is 12.4 Å². The molecular weight excluding hydrogens is 224 g/mol. The SMILES string of the molecule is Oc1c2c(cc3[nH]cnc13)C1CC(Cl)C2C1. The first-order chi connectivity index (χ1) is 7.75. The van der Waals surface area contributed by atoms with E-state index in [2.05, 4.69) is 16.0 Å². The number of aromatic hydroxyl groups is 1. The predicted octanol–water partition coefficient (Wildman–Crippen LogP) is 2.85. The monoisotopic (exact) mass is 234 g/mol. The molecule has 2 aliphatic rings. The third-order valence-electron chi connectivity index (χ3n) is 4.05. The lowest BCUT2D eigenvalue weighted by atomic mass is 9.90. The number of fused-ring (bicyclic) bond motifs is 6. The number of hydrogen-bond acceptors (Lipinski definition) is 2. The molecule has 4 rings (SSSR count). The van der Waals surface area contributed by atoms with Crippen LogP contribution < -0.4 is 0 Å². The minimum absolute atomic E-state index is 0.180. The van der Waals surface area contributed by atoms with E-state index in [-0.39, 0.29) is 5.38 Å². The third kappa shape index (κ3) is 0.884. The maximum absolute atomic E-state index is 10.3. The number of imidazole rings is 1. The van der Waals surface area contributed by atoms with Gasteiger partial charge < -0.3 is 10.1 Å². The third-order valence-corrected chi connectivity index (χ3v) is 4.54. The van der Waals surface area contributed by atoms with Crippen LogP contribution in [0, 0.1) is 0 Å². The van der Waals surface area contributed by atoms with E-state index in [9.17, 15) is 5.11 Å². The number of nitrogens with zero attached hydrogens (tertiary/aromatic N) is 1. The highest BCUT2D eigenvalue weighted by molar-refractivity contribution is 6.21. The first kappa shape index (κ1) is 8.88. The Morgan fingerprint density at radius 3 is 3.19 bits per heavy atom. The van der Waals surface area contributed by atoms with E-state index >= 15 is 0 Å². The molecule has 0 aliphatic heterocycles. The normalized spacial score (nSPS) is 31.2. The fourth-order valence-corrected chi connectivity index (χ4v) is 3.81. The van der Waals surface area contributed by atoms with Gasteiger partial charge in [0, 0.05) is 16.9 Å². The number of phenols is 1. The van der Waals surface area contributed by atoms with Crippen molar-refractivity contribution in [2.24, 2.45) is 0 Å². The van der Waals surface area contributed by atoms with Crippen molar-refractivity contribution in [3.63, 3.8) is 0 Å². The highest BCUT2D eigenvalue weighted by atomic mass is 35.5. The molecule has 4 heteroatoms. The van der Waals surface area contributed by atoms with Crippen LogP contribution in [0.4, 0.5) is 0 Å². The van der Waals surface area contributed by atoms with Gasteiger partial charge in [-0.1, -0.05) is 0 Å². The topological polar surface area (TPSA) is 48.9 Å². The van der Waals surface area contributed by atoms with E-state index < -0.39 is 0 Å². The van der Waals surface area contributed by atoms with Gasteiger partial charge in [-0.3, -0.25) is 0 Å². The summed E-state index contributed by atoms with van der Waals surface area (Å²) in [5.74, 6) is 1.19. The average Bonchev–Trinajstić information content (AvgIpc) is 2.91. The van der Waals surface area contributed by atoms with E-state index in [1.165, 1.54) is 5.56 Å². The number of alkyl halides is 1. The largest absolute Gasteiger partial charge is 0.505 e. The van der Waals surface area contributed by atoms with E-state index in [1.807, 2.05) is 0 Å². The molecule has 1 heterocycles. The first-order valence-corrected chi connectivity index (χ1v) is 6.02. The van der Waals surface area contributed by atoms with Gasteiger partial charge in [0.05, 0.1) is 11.8 Å². The van der Waals surface area contributed by atoms with Crippen molar-refractivity contribution in [3.05, 3.63) is 23.5 Å². The van der Waals surface area contributed by atoms with Gasteiger partial charge in [-0.15, -0.1) is 11.6 Å². The number of benzene rings is 1. The maximum Gasteiger partial charge on any atom is 0.147 e. The number of halogens is 1. The Balaban J connectivity index is 2.09. The molecule has 1 aromatic heterocycles. The average molecular weight is 235 g/mol. The lowest BCUT2D eigenvalue weighted by Crippen LogP contribution is -2.10. The summed E-state index contributed by atoms with van der Waals surface area (Å²) < 4.78 is 0. The second-order valence-electron chi connectivity index (χ2n) is 4.82. The van der Waals surface area contributed by atoms with Gasteiger partial charge in [0.2, 0.25) is 0 Å². The Labute approximate surface area is 97.5 Å². The number of aromatic amines is 1. The molecule has 0 saturated heterocycles. The summed E-state index contributed by atoms with van der Waals surface area (Å²) in [6.07, 6.45) is 3.75. The Hall–Kier alpha value is -1.22. The smallest absolute Gasteiger partial charge is 0.147 e. The van der Waals surface area contributed by atoms with Gasteiger partial charge in [0.1, 0.15) is 11.3 Å². The van der Waals surface area contributed by atoms with Gasteiger partial charge in [0.15, 0.2) is 0 Å². The van der Waals surface area contributed by atoms with Crippen LogP contribution in [0.1, 0.15) is 35.8 Å². The van der Waals surface area contributed by atoms with Crippen molar-refractivity contribution in [1.82, 2.24) is 9.97 Å². The number of aromatic nitrogens is 2. The minimum Gasteiger partial charge on any atom is -0.505 e. The molecule has 0 amide bonds. The minimum atomic E-state index is 0.180. The van der Waals surface area contributed by atoms with Crippen molar-refractivity contribution in [1.29, 1.82) is 0 Å². The molecule has 2 N–H and O–H groups in total. The second kappa shape index (κ2) is 2.72. The standard InChI is InChI=1S/C12H11ClN2O/c13-8-2-5-1-7(8)10-6(5)3-9-11(12(10)16)15-4-14-9/h3-5,7-8,16H,1-2H2,(H,14,15). The summed E-state index contributed by atoms with van der Waals surface area (Å²) in [4.78, 5) is 7.21. The van der Waals surface area contributed by atoms with Crippen LogP contribution in [0.5, 0.6) is 5.75 Å². The highest BCUT2D eigenvalue weighted by Crippen LogP contribution is 2.58. The number of hydrogen-bond donors (Lipinski definition) is 2. The Morgan fingerprint density at radius 1 is 1.44 bits per heavy atom. The first-order valence-electron chi connectivity index (χ1n) is 5.58. The van der Waals surface area contributed by atoms with E-state index in [0.717, 1.165) is 23.9 Å². The molecule has 3 atom stereocenters. The summed E-state index contributed by atoms with van der Waals surface area (Å²) in [6, 6.07) is 2.13. The molecule has 2 bridgehead atoms. The molecule has 16 heavy (non-hydrogen) atoms. The van der Waals surface area contributed by atoms with E-state index in [0.29, 0.717) is 23.1 Å². The summed E-state index contributed by atoms with van der Waals surface area (Å²) in [7, 11) is 0. The van der Waals surface area contributed by atoms with Crippen molar-refractivity contribution in [2.45, 2.75) is 30.1 Å². The lowest BCUT2D eigenvalue weighted by Gasteiger charge is -2.20. The highest BCUT2D eigenvalue weighted by Gasteiger charge is 2.45. The van der Waals surface area contributed by atoms with Gasteiger partial charge in [-0.05, 0) is 30.4 Å². The Bertz CT molecular complexity index is 592. The Morgan fingerprint density at radius 2 is 2.31 bits per heavy atom. The summed E-state index contributed by atoms with van der Waals surface area (Å²) in [6.45, 7) is 0. The van der Waals surface area contributed by atoms with Crippen molar-refractivity contribution < 1.29 is 5.11 Å². The van der Waals surface area contributed by atoms with Crippen LogP contribution >= 0.6 is 11.6 Å². The zero-order valence-corrected chi connectivity index (χ0v) is 9.33. The second-order valence-corrected chi connectivity index (χ2v) is 5.38. The van der Waals surface area contributed by atoms with E-state index in [1.54, 1.807) is 6.33 Å². The molecule has 82 valence electrons. The summed E-state index contributed by atoms with van der Waals surface area (Å²) in [5, 5.41) is 10.4. The van der Waals surface area contributed by atoms with Gasteiger partial charge in [-0.25, -0.2) is 4.98 Å². The summed E-state index contributed by atoms with van der Waals surface area (Å²) >= 11 is 6.29.